The Morgan fingerprint density at radius 1 is 1.67 bits per heavy atom. The Labute approximate surface area is 76.5 Å². The van der Waals surface area contributed by atoms with Gasteiger partial charge in [0.05, 0.1) is 21.8 Å². The fraction of sp³-hybridized carbons (Fsp3) is 0.889. The van der Waals surface area contributed by atoms with Crippen LogP contribution in [0.25, 0.3) is 0 Å². The molecule has 12 heavy (non-hydrogen) atoms. The molecule has 3 heteroatoms. The second-order valence-corrected chi connectivity index (χ2v) is 3.88. The van der Waals surface area contributed by atoms with Crippen LogP contribution in [0.15, 0.2) is 0 Å². The molecule has 0 saturated carbocycles. The van der Waals surface area contributed by atoms with Gasteiger partial charge in [-0.3, -0.25) is 4.79 Å². The van der Waals surface area contributed by atoms with E-state index in [9.17, 15) is 4.79 Å². The third-order valence-corrected chi connectivity index (χ3v) is 0.933. The van der Waals surface area contributed by atoms with Crippen molar-refractivity contribution in [2.24, 2.45) is 5.41 Å². The van der Waals surface area contributed by atoms with Crippen LogP contribution < -0.4 is 0 Å². The van der Waals surface area contributed by atoms with Crippen LogP contribution in [-0.4, -0.2) is 23.7 Å². The molecular weight excluding hydrogens is 156 g/mol. The van der Waals surface area contributed by atoms with Crippen molar-refractivity contribution in [2.75, 3.05) is 6.56 Å². The highest BCUT2D eigenvalue weighted by molar-refractivity contribution is 5.69. The number of ether oxygens (including phenoxy) is 1. The molecule has 0 aliphatic heterocycles. The van der Waals surface area contributed by atoms with E-state index in [4.69, 9.17) is 7.85 Å². The molecule has 0 rings (SSSR count). The van der Waals surface area contributed by atoms with E-state index in [0.717, 1.165) is 0 Å². The summed E-state index contributed by atoms with van der Waals surface area (Å²) in [4.78, 5) is 11.1. The highest BCUT2D eigenvalue weighted by atomic mass is 16.5. The summed E-state index contributed by atoms with van der Waals surface area (Å²) < 4.78 is 19.6. The summed E-state index contributed by atoms with van der Waals surface area (Å²) in [5.74, 6) is -0.722. The quantitative estimate of drug-likeness (QED) is 0.660. The van der Waals surface area contributed by atoms with E-state index < -0.39 is 24.0 Å². The summed E-state index contributed by atoms with van der Waals surface area (Å²) in [6.45, 7) is 4.36. The lowest BCUT2D eigenvalue weighted by Crippen LogP contribution is -2.20. The van der Waals surface area contributed by atoms with Crippen molar-refractivity contribution in [1.82, 2.24) is 0 Å². The van der Waals surface area contributed by atoms with Crippen LogP contribution in [0.1, 0.15) is 36.9 Å². The molecule has 0 aliphatic rings. The topological polar surface area (TPSA) is 46.5 Å². The van der Waals surface area contributed by atoms with Gasteiger partial charge in [-0.15, -0.1) is 0 Å². The number of carbonyl (C=O) groups is 1. The van der Waals surface area contributed by atoms with Crippen LogP contribution in [0, 0.1) is 5.41 Å². The number of aliphatic hydroxyl groups excluding tert-OH is 1. The number of carbonyl (C=O) groups excluding carboxylic acids is 1. The Bertz CT molecular complexity index is 207. The normalized spacial score (nSPS) is 17.8. The van der Waals surface area contributed by atoms with Gasteiger partial charge in [-0.2, -0.15) is 0 Å². The van der Waals surface area contributed by atoms with Gasteiger partial charge in [0, 0.05) is 0 Å². The van der Waals surface area contributed by atoms with Gasteiger partial charge in [0.15, 0.2) is 0 Å². The standard InChI is InChI=1S/C9H18O3/c1-7(10)5-8(11)12-6-9(2,3)4/h7,10H,5-6H2,1-4H3/i6D2. The van der Waals surface area contributed by atoms with Gasteiger partial charge in [-0.05, 0) is 12.3 Å². The fourth-order valence-corrected chi connectivity index (χ4v) is 0.493. The zero-order chi connectivity index (χ0) is 11.6. The van der Waals surface area contributed by atoms with E-state index in [1.165, 1.54) is 6.92 Å². The number of hydrogen-bond donors (Lipinski definition) is 1. The van der Waals surface area contributed by atoms with Gasteiger partial charge in [-0.1, -0.05) is 20.8 Å². The zero-order valence-corrected chi connectivity index (χ0v) is 8.05. The lowest BCUT2D eigenvalue weighted by molar-refractivity contribution is -0.148. The van der Waals surface area contributed by atoms with Crippen LogP contribution >= 0.6 is 0 Å². The Kier molecular flexibility index (Phi) is 2.99. The molecule has 0 amide bonds. The minimum atomic E-state index is -2.01. The molecule has 1 unspecified atom stereocenters. The maximum atomic E-state index is 11.1. The van der Waals surface area contributed by atoms with E-state index in [0.29, 0.717) is 0 Å². The molecule has 0 aromatic carbocycles. The van der Waals surface area contributed by atoms with Crippen molar-refractivity contribution in [2.45, 2.75) is 40.2 Å². The first kappa shape index (κ1) is 8.05. The number of rotatable bonds is 3. The molecule has 0 saturated heterocycles. The summed E-state index contributed by atoms with van der Waals surface area (Å²) in [5.41, 5.74) is -0.776. The predicted octanol–water partition coefficient (Wildman–Crippen LogP) is 1.35. The predicted molar refractivity (Wildman–Crippen MR) is 46.7 cm³/mol. The Morgan fingerprint density at radius 2 is 2.17 bits per heavy atom. The van der Waals surface area contributed by atoms with Crippen molar-refractivity contribution in [3.8, 4) is 0 Å². The molecule has 0 radical (unpaired) electrons. The van der Waals surface area contributed by atoms with E-state index in [1.54, 1.807) is 20.8 Å². The molecule has 1 N–H and O–H groups in total. The SMILES string of the molecule is [2H]C([2H])(OC(=O)CC(C)O)C(C)(C)C. The van der Waals surface area contributed by atoms with Crippen LogP contribution in [0.2, 0.25) is 0 Å². The van der Waals surface area contributed by atoms with Gasteiger partial charge in [0.1, 0.15) is 0 Å². The first-order chi connectivity index (χ1) is 6.06. The third-order valence-electron chi connectivity index (χ3n) is 0.933. The maximum Gasteiger partial charge on any atom is 0.308 e. The average Bonchev–Trinajstić information content (AvgIpc) is 1.79. The second-order valence-electron chi connectivity index (χ2n) is 3.88. The van der Waals surface area contributed by atoms with Crippen LogP contribution in [0.4, 0.5) is 0 Å². The first-order valence-electron chi connectivity index (χ1n) is 4.96. The highest BCUT2D eigenvalue weighted by Crippen LogP contribution is 2.13. The Morgan fingerprint density at radius 3 is 2.50 bits per heavy atom. The van der Waals surface area contributed by atoms with Gasteiger partial charge < -0.3 is 9.84 Å². The Balaban J connectivity index is 4.30. The van der Waals surface area contributed by atoms with Gasteiger partial charge in [0.25, 0.3) is 0 Å². The van der Waals surface area contributed by atoms with Gasteiger partial charge >= 0.3 is 5.97 Å². The number of aliphatic hydroxyl groups is 1. The largest absolute Gasteiger partial charge is 0.465 e. The molecule has 0 spiro atoms. The lowest BCUT2D eigenvalue weighted by Gasteiger charge is -2.17. The van der Waals surface area contributed by atoms with Crippen LogP contribution in [-0.2, 0) is 9.53 Å². The molecule has 3 nitrogen and oxygen atoms in total. The number of hydrogen-bond acceptors (Lipinski definition) is 3. The van der Waals surface area contributed by atoms with Crippen molar-refractivity contribution in [3.05, 3.63) is 0 Å². The highest BCUT2D eigenvalue weighted by Gasteiger charge is 2.14. The molecule has 1 atom stereocenters. The molecule has 0 bridgehead atoms. The molecule has 0 heterocycles. The zero-order valence-electron chi connectivity index (χ0n) is 10.0. The summed E-state index contributed by atoms with van der Waals surface area (Å²) in [7, 11) is 0. The average molecular weight is 176 g/mol. The molecule has 0 aliphatic carbocycles. The summed E-state index contributed by atoms with van der Waals surface area (Å²) in [6, 6.07) is 0. The Hall–Kier alpha value is -0.570. The van der Waals surface area contributed by atoms with Crippen molar-refractivity contribution >= 4 is 5.97 Å². The third kappa shape index (κ3) is 7.54. The van der Waals surface area contributed by atoms with E-state index in [2.05, 4.69) is 4.74 Å². The van der Waals surface area contributed by atoms with Crippen molar-refractivity contribution in [3.63, 3.8) is 0 Å². The molecule has 0 aromatic rings. The summed E-state index contributed by atoms with van der Waals surface area (Å²) in [6.07, 6.45) is -0.992. The maximum absolute atomic E-state index is 11.1. The van der Waals surface area contributed by atoms with Gasteiger partial charge in [-0.25, -0.2) is 0 Å². The van der Waals surface area contributed by atoms with Crippen molar-refractivity contribution in [1.29, 1.82) is 0 Å². The van der Waals surface area contributed by atoms with E-state index in [-0.39, 0.29) is 6.42 Å². The smallest absolute Gasteiger partial charge is 0.308 e. The van der Waals surface area contributed by atoms with E-state index in [1.807, 2.05) is 0 Å². The first-order valence-corrected chi connectivity index (χ1v) is 3.96. The minimum Gasteiger partial charge on any atom is -0.465 e. The lowest BCUT2D eigenvalue weighted by atomic mass is 9.99. The summed E-state index contributed by atoms with van der Waals surface area (Å²) >= 11 is 0. The number of esters is 1. The second kappa shape index (κ2) is 4.45. The summed E-state index contributed by atoms with van der Waals surface area (Å²) in [5, 5.41) is 8.90. The monoisotopic (exact) mass is 176 g/mol. The van der Waals surface area contributed by atoms with Crippen LogP contribution in [0.3, 0.4) is 0 Å². The van der Waals surface area contributed by atoms with Crippen LogP contribution in [0.5, 0.6) is 0 Å². The van der Waals surface area contributed by atoms with Crippen molar-refractivity contribution < 1.29 is 17.4 Å². The molecule has 0 fully saturated rings. The fourth-order valence-electron chi connectivity index (χ4n) is 0.493. The molecule has 72 valence electrons. The molecular formula is C9H18O3. The minimum absolute atomic E-state index is 0.185. The van der Waals surface area contributed by atoms with Gasteiger partial charge in [0.2, 0.25) is 0 Å². The molecule has 0 aromatic heterocycles. The van der Waals surface area contributed by atoms with E-state index >= 15 is 0 Å².